The van der Waals surface area contributed by atoms with E-state index in [2.05, 4.69) is 11.8 Å². The van der Waals surface area contributed by atoms with Crippen molar-refractivity contribution in [2.24, 2.45) is 0 Å². The van der Waals surface area contributed by atoms with E-state index in [1.807, 2.05) is 14.1 Å². The summed E-state index contributed by atoms with van der Waals surface area (Å²) < 4.78 is 15.8. The first-order chi connectivity index (χ1) is 17.1. The molecule has 0 radical (unpaired) electrons. The second-order valence-electron chi connectivity index (χ2n) is 10.2. The Morgan fingerprint density at radius 3 is 1.66 bits per heavy atom. The van der Waals surface area contributed by atoms with Crippen LogP contribution in [0.4, 0.5) is 0 Å². The fourth-order valence-corrected chi connectivity index (χ4v) is 4.88. The van der Waals surface area contributed by atoms with Crippen molar-refractivity contribution in [3.05, 3.63) is 0 Å². The number of nitrogens with zero attached hydrogens (tertiary/aromatic N) is 1. The first-order valence-electron chi connectivity index (χ1n) is 14.6. The third kappa shape index (κ3) is 28.2. The average molecular weight is 520 g/mol. The standard InChI is InChI=1S/C28H58NO5P/c1-4-5-6-7-8-9-10-11-12-13-14-15-16-17-18-19-20-23-28(32-27-30)26-34-35(31)33-25-22-21-24-29(2)3/h27-28,31H,4-26H2,1-3H3. The van der Waals surface area contributed by atoms with Crippen LogP contribution in [-0.2, 0) is 18.6 Å². The average Bonchev–Trinajstić information content (AvgIpc) is 2.84. The minimum Gasteiger partial charge on any atom is -0.462 e. The quantitative estimate of drug-likeness (QED) is 0.0611. The molecule has 0 aromatic rings. The van der Waals surface area contributed by atoms with Crippen LogP contribution in [0.3, 0.4) is 0 Å². The summed E-state index contributed by atoms with van der Waals surface area (Å²) in [5, 5.41) is 0. The van der Waals surface area contributed by atoms with Crippen LogP contribution in [0.1, 0.15) is 135 Å². The molecule has 0 aliphatic heterocycles. The molecule has 0 amide bonds. The van der Waals surface area contributed by atoms with Crippen LogP contribution < -0.4 is 0 Å². The molecule has 0 rings (SSSR count). The van der Waals surface area contributed by atoms with Gasteiger partial charge in [0, 0.05) is 0 Å². The van der Waals surface area contributed by atoms with E-state index in [0.29, 0.717) is 13.1 Å². The molecule has 0 saturated carbocycles. The van der Waals surface area contributed by atoms with Gasteiger partial charge in [-0.15, -0.1) is 0 Å². The number of unbranched alkanes of at least 4 members (excludes halogenated alkanes) is 17. The lowest BCUT2D eigenvalue weighted by Crippen LogP contribution is -2.18. The number of rotatable bonds is 29. The van der Waals surface area contributed by atoms with E-state index >= 15 is 0 Å². The fourth-order valence-electron chi connectivity index (χ4n) is 4.22. The van der Waals surface area contributed by atoms with Gasteiger partial charge in [-0.3, -0.25) is 4.79 Å². The number of hydrogen-bond acceptors (Lipinski definition) is 6. The maximum absolute atomic E-state index is 10.8. The molecule has 210 valence electrons. The molecule has 0 aliphatic carbocycles. The molecule has 35 heavy (non-hydrogen) atoms. The topological polar surface area (TPSA) is 68.2 Å². The van der Waals surface area contributed by atoms with Crippen molar-refractivity contribution in [2.75, 3.05) is 33.9 Å². The second kappa shape index (κ2) is 28.3. The highest BCUT2D eigenvalue weighted by atomic mass is 31.2. The molecule has 0 aromatic heterocycles. The highest BCUT2D eigenvalue weighted by molar-refractivity contribution is 7.40. The molecule has 2 atom stereocenters. The van der Waals surface area contributed by atoms with Gasteiger partial charge in [0.15, 0.2) is 0 Å². The van der Waals surface area contributed by atoms with Gasteiger partial charge in [-0.2, -0.15) is 0 Å². The Bertz CT molecular complexity index is 428. The summed E-state index contributed by atoms with van der Waals surface area (Å²) in [6.07, 6.45) is 25.2. The molecule has 6 nitrogen and oxygen atoms in total. The van der Waals surface area contributed by atoms with Crippen LogP contribution in [0.5, 0.6) is 0 Å². The summed E-state index contributed by atoms with van der Waals surface area (Å²) in [5.41, 5.74) is 0. The Morgan fingerprint density at radius 1 is 0.714 bits per heavy atom. The summed E-state index contributed by atoms with van der Waals surface area (Å²) in [6, 6.07) is 0. The molecule has 0 aliphatic rings. The van der Waals surface area contributed by atoms with Crippen molar-refractivity contribution >= 4 is 15.1 Å². The third-order valence-electron chi connectivity index (χ3n) is 6.45. The Kier molecular flexibility index (Phi) is 28.1. The molecule has 7 heteroatoms. The maximum atomic E-state index is 10.8. The lowest BCUT2D eigenvalue weighted by molar-refractivity contribution is -0.135. The van der Waals surface area contributed by atoms with Gasteiger partial charge in [0.2, 0.25) is 0 Å². The van der Waals surface area contributed by atoms with Gasteiger partial charge < -0.3 is 23.6 Å². The normalized spacial score (nSPS) is 13.3. The summed E-state index contributed by atoms with van der Waals surface area (Å²) in [7, 11) is 2.17. The smallest absolute Gasteiger partial charge is 0.329 e. The highest BCUT2D eigenvalue weighted by Gasteiger charge is 2.14. The second-order valence-corrected chi connectivity index (χ2v) is 11.2. The molecule has 0 spiro atoms. The van der Waals surface area contributed by atoms with E-state index in [4.69, 9.17) is 13.8 Å². The Morgan fingerprint density at radius 2 is 1.20 bits per heavy atom. The highest BCUT2D eigenvalue weighted by Crippen LogP contribution is 2.33. The summed E-state index contributed by atoms with van der Waals surface area (Å²) in [6.45, 7) is 4.43. The SMILES string of the molecule is CCCCCCCCCCCCCCCCCCCC(COP(O)OCCCCN(C)C)OC=O. The minimum atomic E-state index is -1.91. The molecular formula is C28H58NO5P. The van der Waals surface area contributed by atoms with Crippen molar-refractivity contribution < 1.29 is 23.5 Å². The van der Waals surface area contributed by atoms with Crippen LogP contribution in [0, 0.1) is 0 Å². The molecule has 2 unspecified atom stereocenters. The van der Waals surface area contributed by atoms with Crippen molar-refractivity contribution in [1.29, 1.82) is 0 Å². The molecule has 0 aromatic carbocycles. The van der Waals surface area contributed by atoms with Crippen LogP contribution in [-0.4, -0.2) is 56.2 Å². The van der Waals surface area contributed by atoms with Crippen molar-refractivity contribution in [3.63, 3.8) is 0 Å². The van der Waals surface area contributed by atoms with Gasteiger partial charge in [0.25, 0.3) is 6.47 Å². The van der Waals surface area contributed by atoms with Crippen LogP contribution in [0.2, 0.25) is 0 Å². The van der Waals surface area contributed by atoms with E-state index in [1.54, 1.807) is 0 Å². The zero-order valence-corrected chi connectivity index (χ0v) is 24.3. The van der Waals surface area contributed by atoms with Gasteiger partial charge in [-0.1, -0.05) is 110 Å². The van der Waals surface area contributed by atoms with Gasteiger partial charge in [-0.05, 0) is 46.3 Å². The summed E-state index contributed by atoms with van der Waals surface area (Å²) >= 11 is 0. The predicted octanol–water partition coefficient (Wildman–Crippen LogP) is 8.16. The van der Waals surface area contributed by atoms with Crippen LogP contribution in [0.25, 0.3) is 0 Å². The number of carbonyl (C=O) groups is 1. The Balaban J connectivity index is 3.48. The van der Waals surface area contributed by atoms with Crippen molar-refractivity contribution in [3.8, 4) is 0 Å². The molecule has 0 saturated heterocycles. The first-order valence-corrected chi connectivity index (χ1v) is 15.7. The van der Waals surface area contributed by atoms with E-state index in [0.717, 1.165) is 38.6 Å². The van der Waals surface area contributed by atoms with Gasteiger partial charge in [0.05, 0.1) is 13.2 Å². The molecule has 1 N–H and O–H groups in total. The number of hydrogen-bond donors (Lipinski definition) is 1. The van der Waals surface area contributed by atoms with Crippen molar-refractivity contribution in [2.45, 2.75) is 141 Å². The van der Waals surface area contributed by atoms with Gasteiger partial charge in [-0.25, -0.2) is 0 Å². The molecule has 0 heterocycles. The van der Waals surface area contributed by atoms with Gasteiger partial charge in [0.1, 0.15) is 6.10 Å². The largest absolute Gasteiger partial charge is 0.462 e. The Labute approximate surface area is 218 Å². The molecule has 0 bridgehead atoms. The molecular weight excluding hydrogens is 461 g/mol. The zero-order valence-electron chi connectivity index (χ0n) is 23.4. The maximum Gasteiger partial charge on any atom is 0.329 e. The van der Waals surface area contributed by atoms with E-state index in [1.165, 1.54) is 96.3 Å². The van der Waals surface area contributed by atoms with E-state index in [9.17, 15) is 9.69 Å². The lowest BCUT2D eigenvalue weighted by Gasteiger charge is -2.17. The predicted molar refractivity (Wildman–Crippen MR) is 149 cm³/mol. The van der Waals surface area contributed by atoms with Crippen LogP contribution >= 0.6 is 8.60 Å². The fraction of sp³-hybridized carbons (Fsp3) is 0.964. The number of carbonyl (C=O) groups excluding carboxylic acids is 1. The Hall–Kier alpha value is -0.260. The lowest BCUT2D eigenvalue weighted by atomic mass is 10.0. The van der Waals surface area contributed by atoms with Gasteiger partial charge >= 0.3 is 8.60 Å². The summed E-state index contributed by atoms with van der Waals surface area (Å²) in [5.74, 6) is 0. The van der Waals surface area contributed by atoms with Crippen molar-refractivity contribution in [1.82, 2.24) is 4.90 Å². The van der Waals surface area contributed by atoms with Crippen LogP contribution in [0.15, 0.2) is 0 Å². The minimum absolute atomic E-state index is 0.192. The zero-order chi connectivity index (χ0) is 25.8. The van der Waals surface area contributed by atoms with E-state index in [-0.39, 0.29) is 12.7 Å². The summed E-state index contributed by atoms with van der Waals surface area (Å²) in [4.78, 5) is 22.8. The van der Waals surface area contributed by atoms with E-state index < -0.39 is 8.60 Å². The molecule has 0 fully saturated rings. The third-order valence-corrected chi connectivity index (χ3v) is 7.22. The monoisotopic (exact) mass is 519 g/mol. The first kappa shape index (κ1) is 34.7. The number of ether oxygens (including phenoxy) is 1.